The molecule has 7 heteroatoms. The fourth-order valence-electron chi connectivity index (χ4n) is 3.14. The van der Waals surface area contributed by atoms with Gasteiger partial charge in [-0.3, -0.25) is 0 Å². The van der Waals surface area contributed by atoms with Crippen LogP contribution in [-0.4, -0.2) is 41.5 Å². The third-order valence-corrected chi connectivity index (χ3v) is 5.16. The number of carbonyl (C=O) groups is 2. The predicted octanol–water partition coefficient (Wildman–Crippen LogP) is 2.21. The Labute approximate surface area is 155 Å². The van der Waals surface area contributed by atoms with Crippen LogP contribution in [0.2, 0.25) is 0 Å². The van der Waals surface area contributed by atoms with E-state index >= 15 is 0 Å². The minimum absolute atomic E-state index is 0.0424. The van der Waals surface area contributed by atoms with Gasteiger partial charge in [-0.15, -0.1) is 0 Å². The fourth-order valence-corrected chi connectivity index (χ4v) is 3.14. The topological polar surface area (TPSA) is 114 Å². The van der Waals surface area contributed by atoms with Gasteiger partial charge in [-0.25, -0.2) is 9.59 Å². The number of urea groups is 1. The molecule has 0 aromatic heterocycles. The van der Waals surface area contributed by atoms with E-state index in [0.717, 1.165) is 24.8 Å². The quantitative estimate of drug-likeness (QED) is 0.528. The lowest BCUT2D eigenvalue weighted by Crippen LogP contribution is -2.68. The highest BCUT2D eigenvalue weighted by atomic mass is 16.5. The van der Waals surface area contributed by atoms with E-state index in [2.05, 4.69) is 29.7 Å². The Hall–Kier alpha value is -2.02. The van der Waals surface area contributed by atoms with Gasteiger partial charge in [0.1, 0.15) is 6.61 Å². The predicted molar refractivity (Wildman–Crippen MR) is 99.4 cm³/mol. The first-order chi connectivity index (χ1) is 12.1. The number of allylic oxidation sites excluding steroid dienone is 2. The third kappa shape index (κ3) is 5.76. The number of rotatable bonds is 8. The summed E-state index contributed by atoms with van der Waals surface area (Å²) in [4.78, 5) is 23.6. The number of alkyl carbamates (subject to hydrolysis) is 1. The number of nitrogens with one attached hydrogen (secondary N) is 2. The van der Waals surface area contributed by atoms with Gasteiger partial charge in [0.15, 0.2) is 0 Å². The highest BCUT2D eigenvalue weighted by Crippen LogP contribution is 2.40. The maximum atomic E-state index is 12.1. The lowest BCUT2D eigenvalue weighted by atomic mass is 9.77. The molecule has 1 unspecified atom stereocenters. The summed E-state index contributed by atoms with van der Waals surface area (Å²) in [6, 6.07) is -0.727. The molecule has 7 nitrogen and oxygen atoms in total. The smallest absolute Gasteiger partial charge is 0.407 e. The summed E-state index contributed by atoms with van der Waals surface area (Å²) >= 11 is 0. The molecule has 0 saturated heterocycles. The minimum Gasteiger partial charge on any atom is -0.445 e. The van der Waals surface area contributed by atoms with E-state index in [0.29, 0.717) is 18.3 Å². The van der Waals surface area contributed by atoms with E-state index in [1.807, 2.05) is 6.08 Å². The molecule has 3 amide bonds. The number of nitrogens with two attached hydrogens (primary N) is 1. The van der Waals surface area contributed by atoms with E-state index in [1.54, 1.807) is 13.8 Å². The molecule has 0 aliphatic heterocycles. The summed E-state index contributed by atoms with van der Waals surface area (Å²) in [6.45, 7) is 5.57. The van der Waals surface area contributed by atoms with Crippen LogP contribution in [0.5, 0.6) is 0 Å². The van der Waals surface area contributed by atoms with Crippen LogP contribution >= 0.6 is 0 Å². The van der Waals surface area contributed by atoms with Gasteiger partial charge in [-0.2, -0.15) is 0 Å². The second-order valence-corrected chi connectivity index (χ2v) is 8.06. The molecule has 2 aliphatic carbocycles. The first-order valence-electron chi connectivity index (χ1n) is 9.19. The van der Waals surface area contributed by atoms with E-state index < -0.39 is 23.3 Å². The fraction of sp³-hybridized carbons (Fsp3) is 0.684. The van der Waals surface area contributed by atoms with Crippen molar-refractivity contribution in [1.82, 2.24) is 10.6 Å². The third-order valence-electron chi connectivity index (χ3n) is 5.16. The molecule has 0 radical (unpaired) electrons. The summed E-state index contributed by atoms with van der Waals surface area (Å²) in [5, 5.41) is 16.0. The number of aliphatic hydroxyl groups is 1. The Morgan fingerprint density at radius 3 is 2.58 bits per heavy atom. The van der Waals surface area contributed by atoms with Crippen LogP contribution in [0.3, 0.4) is 0 Å². The molecule has 0 aromatic carbocycles. The standard InChI is InChI=1S/C19H31N3O4/c1-13-4-6-15(7-5-13)11-26-17(24)21-12-19(18(2,3)25,22-16(20)23)10-14-8-9-14/h4,6-7,13-14,25H,5,8-12H2,1-3H3,(H,21,24)(H3,20,22,23)/t13?,19-/m1/s1. The van der Waals surface area contributed by atoms with Crippen molar-refractivity contribution in [3.05, 3.63) is 23.8 Å². The zero-order valence-electron chi connectivity index (χ0n) is 15.9. The molecule has 2 atom stereocenters. The van der Waals surface area contributed by atoms with E-state index in [4.69, 9.17) is 10.5 Å². The summed E-state index contributed by atoms with van der Waals surface area (Å²) in [5.41, 5.74) is 3.98. The SMILES string of the molecule is CC1C=CC(COC(=O)NC[C@@](CC2CC2)(NC(N)=O)C(C)(C)O)=CC1. The summed E-state index contributed by atoms with van der Waals surface area (Å²) in [7, 11) is 0. The van der Waals surface area contributed by atoms with Crippen molar-refractivity contribution in [2.24, 2.45) is 17.6 Å². The molecule has 5 N–H and O–H groups in total. The van der Waals surface area contributed by atoms with Crippen molar-refractivity contribution in [3.8, 4) is 0 Å². The Balaban J connectivity index is 1.93. The van der Waals surface area contributed by atoms with Gasteiger partial charge in [-0.1, -0.05) is 38.0 Å². The molecule has 2 aliphatic rings. The number of hydrogen-bond donors (Lipinski definition) is 4. The molecular weight excluding hydrogens is 334 g/mol. The van der Waals surface area contributed by atoms with Crippen LogP contribution < -0.4 is 16.4 Å². The van der Waals surface area contributed by atoms with Crippen LogP contribution in [0.25, 0.3) is 0 Å². The maximum absolute atomic E-state index is 12.1. The zero-order chi connectivity index (χ0) is 19.4. The first kappa shape index (κ1) is 20.3. The molecule has 1 fully saturated rings. The Kier molecular flexibility index (Phi) is 6.34. The highest BCUT2D eigenvalue weighted by molar-refractivity contribution is 5.73. The lowest BCUT2D eigenvalue weighted by Gasteiger charge is -2.44. The number of primary amides is 1. The van der Waals surface area contributed by atoms with E-state index in [1.165, 1.54) is 0 Å². The normalized spacial score (nSPS) is 22.2. The second kappa shape index (κ2) is 8.12. The molecule has 0 bridgehead atoms. The molecule has 146 valence electrons. The minimum atomic E-state index is -1.26. The lowest BCUT2D eigenvalue weighted by molar-refractivity contribution is -0.0226. The van der Waals surface area contributed by atoms with Crippen LogP contribution in [0.4, 0.5) is 9.59 Å². The van der Waals surface area contributed by atoms with Gasteiger partial charge in [0.25, 0.3) is 0 Å². The van der Waals surface area contributed by atoms with Gasteiger partial charge in [0.05, 0.1) is 11.1 Å². The summed E-state index contributed by atoms with van der Waals surface area (Å²) < 4.78 is 5.26. The summed E-state index contributed by atoms with van der Waals surface area (Å²) in [6.07, 6.45) is 9.08. The number of carbonyl (C=O) groups excluding carboxylic acids is 2. The maximum Gasteiger partial charge on any atom is 0.407 e. The average Bonchev–Trinajstić information content (AvgIpc) is 3.34. The molecule has 0 spiro atoms. The number of amides is 3. The summed E-state index contributed by atoms with van der Waals surface area (Å²) in [5.74, 6) is 0.910. The largest absolute Gasteiger partial charge is 0.445 e. The molecule has 0 aromatic rings. The van der Waals surface area contributed by atoms with Crippen LogP contribution in [0, 0.1) is 11.8 Å². The van der Waals surface area contributed by atoms with Gasteiger partial charge < -0.3 is 26.2 Å². The van der Waals surface area contributed by atoms with Crippen molar-refractivity contribution in [3.63, 3.8) is 0 Å². The molecule has 2 rings (SSSR count). The molecule has 26 heavy (non-hydrogen) atoms. The van der Waals surface area contributed by atoms with Crippen LogP contribution in [0.15, 0.2) is 23.8 Å². The van der Waals surface area contributed by atoms with Gasteiger partial charge >= 0.3 is 12.1 Å². The Morgan fingerprint density at radius 1 is 1.38 bits per heavy atom. The monoisotopic (exact) mass is 365 g/mol. The molecule has 0 heterocycles. The molecular formula is C19H31N3O4. The van der Waals surface area contributed by atoms with Crippen molar-refractivity contribution < 1.29 is 19.4 Å². The average molecular weight is 365 g/mol. The van der Waals surface area contributed by atoms with Crippen molar-refractivity contribution in [2.45, 2.75) is 57.6 Å². The molecule has 1 saturated carbocycles. The van der Waals surface area contributed by atoms with E-state index in [9.17, 15) is 14.7 Å². The van der Waals surface area contributed by atoms with Gasteiger partial charge in [-0.05, 0) is 44.1 Å². The Morgan fingerprint density at radius 2 is 2.08 bits per heavy atom. The Bertz CT molecular complexity index is 590. The van der Waals surface area contributed by atoms with Crippen molar-refractivity contribution >= 4 is 12.1 Å². The highest BCUT2D eigenvalue weighted by Gasteiger charge is 2.48. The van der Waals surface area contributed by atoms with Gasteiger partial charge in [0.2, 0.25) is 0 Å². The first-order valence-corrected chi connectivity index (χ1v) is 9.19. The number of hydrogen-bond acceptors (Lipinski definition) is 4. The van der Waals surface area contributed by atoms with Crippen LogP contribution in [0.1, 0.15) is 46.5 Å². The number of ether oxygens (including phenoxy) is 1. The van der Waals surface area contributed by atoms with Crippen molar-refractivity contribution in [1.29, 1.82) is 0 Å². The second-order valence-electron chi connectivity index (χ2n) is 8.06. The van der Waals surface area contributed by atoms with Crippen LogP contribution in [-0.2, 0) is 4.74 Å². The van der Waals surface area contributed by atoms with E-state index in [-0.39, 0.29) is 13.2 Å². The van der Waals surface area contributed by atoms with Crippen molar-refractivity contribution in [2.75, 3.05) is 13.2 Å². The van der Waals surface area contributed by atoms with Gasteiger partial charge in [0, 0.05) is 6.54 Å². The zero-order valence-corrected chi connectivity index (χ0v) is 15.9.